The summed E-state index contributed by atoms with van der Waals surface area (Å²) in [6.45, 7) is 3.89. The van der Waals surface area contributed by atoms with E-state index in [0.717, 1.165) is 20.7 Å². The molecule has 5 nitrogen and oxygen atoms in total. The molecule has 19 heavy (non-hydrogen) atoms. The van der Waals surface area contributed by atoms with Crippen molar-refractivity contribution in [3.8, 4) is 0 Å². The maximum absolute atomic E-state index is 12.0. The summed E-state index contributed by atoms with van der Waals surface area (Å²) in [5.41, 5.74) is 0.879. The highest BCUT2D eigenvalue weighted by molar-refractivity contribution is 9.11. The van der Waals surface area contributed by atoms with E-state index in [1.165, 1.54) is 0 Å². The van der Waals surface area contributed by atoms with Crippen molar-refractivity contribution in [2.75, 3.05) is 6.54 Å². The van der Waals surface area contributed by atoms with Crippen LogP contribution in [0.1, 0.15) is 25.3 Å². The molecule has 1 heterocycles. The molecule has 0 amide bonds. The molecule has 1 rings (SSSR count). The summed E-state index contributed by atoms with van der Waals surface area (Å²) >= 11 is 4.45. The number of carbonyl (C=O) groups is 1. The Bertz CT molecular complexity index is 534. The maximum Gasteiger partial charge on any atom is 0.303 e. The molecule has 1 aromatic rings. The second-order valence-electron chi connectivity index (χ2n) is 4.41. The van der Waals surface area contributed by atoms with E-state index in [1.807, 2.05) is 13.8 Å². The van der Waals surface area contributed by atoms with Crippen LogP contribution >= 0.6 is 27.3 Å². The Labute approximate surface area is 125 Å². The minimum atomic E-state index is -3.50. The molecule has 0 fully saturated rings. The number of carboxylic acid groups (broad SMARTS) is 1. The predicted octanol–water partition coefficient (Wildman–Crippen LogP) is 2.60. The van der Waals surface area contributed by atoms with E-state index in [-0.39, 0.29) is 23.1 Å². The molecule has 0 spiro atoms. The molecule has 1 aromatic heterocycles. The number of hydrogen-bond donors (Lipinski definition) is 2. The smallest absolute Gasteiger partial charge is 0.303 e. The van der Waals surface area contributed by atoms with Gasteiger partial charge in [-0.3, -0.25) is 4.79 Å². The van der Waals surface area contributed by atoms with Gasteiger partial charge in [0.2, 0.25) is 10.0 Å². The standard InChI is InChI=1S/C11H16BrNO4S2/c1-7(3-4-9(14)15)6-13-19(16,17)10-5-8(2)11(12)18-10/h5,7,13H,3-4,6H2,1-2H3,(H,14,15). The minimum absolute atomic E-state index is 0.0182. The van der Waals surface area contributed by atoms with Gasteiger partial charge in [0.15, 0.2) is 0 Å². The molecule has 0 aliphatic rings. The average molecular weight is 370 g/mol. The van der Waals surface area contributed by atoms with Crippen molar-refractivity contribution in [2.24, 2.45) is 5.92 Å². The zero-order chi connectivity index (χ0) is 14.6. The van der Waals surface area contributed by atoms with E-state index in [1.54, 1.807) is 6.07 Å². The number of thiophene rings is 1. The zero-order valence-corrected chi connectivity index (χ0v) is 13.9. The fourth-order valence-electron chi connectivity index (χ4n) is 1.36. The lowest BCUT2D eigenvalue weighted by atomic mass is 10.1. The van der Waals surface area contributed by atoms with Gasteiger partial charge < -0.3 is 5.11 Å². The van der Waals surface area contributed by atoms with Gasteiger partial charge in [0.1, 0.15) is 4.21 Å². The first-order valence-electron chi connectivity index (χ1n) is 5.69. The third-order valence-corrected chi connectivity index (χ3v) is 6.61. The topological polar surface area (TPSA) is 83.5 Å². The van der Waals surface area contributed by atoms with Gasteiger partial charge in [0, 0.05) is 13.0 Å². The van der Waals surface area contributed by atoms with E-state index >= 15 is 0 Å². The van der Waals surface area contributed by atoms with Crippen LogP contribution in [0.3, 0.4) is 0 Å². The molecule has 2 N–H and O–H groups in total. The summed E-state index contributed by atoms with van der Waals surface area (Å²) in [4.78, 5) is 10.4. The van der Waals surface area contributed by atoms with Gasteiger partial charge in [-0.2, -0.15) is 0 Å². The second kappa shape index (κ2) is 6.83. The predicted molar refractivity (Wildman–Crippen MR) is 78.0 cm³/mol. The summed E-state index contributed by atoms with van der Waals surface area (Å²) in [6.07, 6.45) is 0.498. The maximum atomic E-state index is 12.0. The molecule has 0 bridgehead atoms. The van der Waals surface area contributed by atoms with Crippen LogP contribution in [0, 0.1) is 12.8 Å². The van der Waals surface area contributed by atoms with E-state index in [9.17, 15) is 13.2 Å². The first-order valence-corrected chi connectivity index (χ1v) is 8.79. The van der Waals surface area contributed by atoms with Crippen molar-refractivity contribution >= 4 is 43.3 Å². The Balaban J connectivity index is 2.58. The van der Waals surface area contributed by atoms with Gasteiger partial charge in [-0.05, 0) is 46.8 Å². The van der Waals surface area contributed by atoms with Crippen LogP contribution in [0.4, 0.5) is 0 Å². The minimum Gasteiger partial charge on any atom is -0.481 e. The van der Waals surface area contributed by atoms with Gasteiger partial charge in [0.05, 0.1) is 3.79 Å². The third kappa shape index (κ3) is 5.21. The fraction of sp³-hybridized carbons (Fsp3) is 0.545. The number of sulfonamides is 1. The number of rotatable bonds is 7. The molecule has 0 aliphatic heterocycles. The van der Waals surface area contributed by atoms with E-state index in [0.29, 0.717) is 6.42 Å². The summed E-state index contributed by atoms with van der Waals surface area (Å²) < 4.78 is 27.6. The van der Waals surface area contributed by atoms with E-state index in [2.05, 4.69) is 20.7 Å². The molecule has 1 atom stereocenters. The summed E-state index contributed by atoms with van der Waals surface area (Å²) in [7, 11) is -3.50. The van der Waals surface area contributed by atoms with Crippen LogP contribution < -0.4 is 4.72 Å². The van der Waals surface area contributed by atoms with Crippen molar-refractivity contribution in [2.45, 2.75) is 30.9 Å². The monoisotopic (exact) mass is 369 g/mol. The van der Waals surface area contributed by atoms with Crippen LogP contribution in [-0.4, -0.2) is 26.0 Å². The summed E-state index contributed by atoms with van der Waals surface area (Å²) in [6, 6.07) is 1.61. The largest absolute Gasteiger partial charge is 0.481 e. The van der Waals surface area contributed by atoms with E-state index in [4.69, 9.17) is 5.11 Å². The van der Waals surface area contributed by atoms with Crippen molar-refractivity contribution < 1.29 is 18.3 Å². The van der Waals surface area contributed by atoms with Gasteiger partial charge in [-0.15, -0.1) is 11.3 Å². The lowest BCUT2D eigenvalue weighted by Gasteiger charge is -2.10. The quantitative estimate of drug-likeness (QED) is 0.773. The fourth-order valence-corrected chi connectivity index (χ4v) is 4.79. The molecule has 1 unspecified atom stereocenters. The zero-order valence-electron chi connectivity index (χ0n) is 10.6. The first-order chi connectivity index (χ1) is 8.72. The summed E-state index contributed by atoms with van der Waals surface area (Å²) in [5.74, 6) is -0.886. The molecule has 8 heteroatoms. The van der Waals surface area contributed by atoms with E-state index < -0.39 is 16.0 Å². The molecule has 108 valence electrons. The number of aryl methyl sites for hydroxylation is 1. The highest BCUT2D eigenvalue weighted by Crippen LogP contribution is 2.30. The van der Waals surface area contributed by atoms with Crippen molar-refractivity contribution in [3.63, 3.8) is 0 Å². The van der Waals surface area contributed by atoms with Crippen molar-refractivity contribution in [1.82, 2.24) is 4.72 Å². The molecule has 0 radical (unpaired) electrons. The first kappa shape index (κ1) is 16.6. The lowest BCUT2D eigenvalue weighted by molar-refractivity contribution is -0.137. The Morgan fingerprint density at radius 3 is 2.68 bits per heavy atom. The number of aliphatic carboxylic acids is 1. The van der Waals surface area contributed by atoms with Crippen LogP contribution in [0.25, 0.3) is 0 Å². The van der Waals surface area contributed by atoms with Gasteiger partial charge in [0.25, 0.3) is 0 Å². The van der Waals surface area contributed by atoms with Crippen LogP contribution in [-0.2, 0) is 14.8 Å². The molecule has 0 saturated heterocycles. The van der Waals surface area contributed by atoms with Crippen molar-refractivity contribution in [1.29, 1.82) is 0 Å². The average Bonchev–Trinajstić information content (AvgIpc) is 2.65. The van der Waals surface area contributed by atoms with Crippen LogP contribution in [0.2, 0.25) is 0 Å². The van der Waals surface area contributed by atoms with Crippen LogP contribution in [0.5, 0.6) is 0 Å². The molecule has 0 aliphatic carbocycles. The molecule has 0 saturated carbocycles. The highest BCUT2D eigenvalue weighted by Gasteiger charge is 2.19. The number of halogens is 1. The lowest BCUT2D eigenvalue weighted by Crippen LogP contribution is -2.28. The van der Waals surface area contributed by atoms with Crippen LogP contribution in [0.15, 0.2) is 14.1 Å². The number of nitrogens with one attached hydrogen (secondary N) is 1. The second-order valence-corrected chi connectivity index (χ2v) is 8.78. The highest BCUT2D eigenvalue weighted by atomic mass is 79.9. The SMILES string of the molecule is Cc1cc(S(=O)(=O)NCC(C)CCC(=O)O)sc1Br. The Morgan fingerprint density at radius 2 is 2.21 bits per heavy atom. The van der Waals surface area contributed by atoms with Gasteiger partial charge >= 0.3 is 5.97 Å². The summed E-state index contributed by atoms with van der Waals surface area (Å²) in [5, 5.41) is 8.56. The Kier molecular flexibility index (Phi) is 5.97. The Morgan fingerprint density at radius 1 is 1.58 bits per heavy atom. The van der Waals surface area contributed by atoms with Crippen molar-refractivity contribution in [3.05, 3.63) is 15.4 Å². The third-order valence-electron chi connectivity index (χ3n) is 2.57. The normalized spacial score (nSPS) is 13.4. The molecular formula is C11H16BrNO4S2. The van der Waals surface area contributed by atoms with Gasteiger partial charge in [-0.25, -0.2) is 13.1 Å². The molecule has 0 aromatic carbocycles. The Hall–Kier alpha value is -0.440. The number of hydrogen-bond acceptors (Lipinski definition) is 4. The molecular weight excluding hydrogens is 354 g/mol. The number of carboxylic acids is 1. The van der Waals surface area contributed by atoms with Gasteiger partial charge in [-0.1, -0.05) is 6.92 Å².